The van der Waals surface area contributed by atoms with Crippen LogP contribution in [0.15, 0.2) is 48.5 Å². The first-order valence-corrected chi connectivity index (χ1v) is 8.77. The number of para-hydroxylation sites is 1. The van der Waals surface area contributed by atoms with Crippen LogP contribution < -0.4 is 15.5 Å². The molecule has 2 aromatic carbocycles. The topological polar surface area (TPSA) is 64.7 Å². The van der Waals surface area contributed by atoms with Gasteiger partial charge in [0, 0.05) is 50.2 Å². The van der Waals surface area contributed by atoms with Crippen LogP contribution in [0, 0.1) is 6.92 Å². The molecule has 3 amide bonds. The highest BCUT2D eigenvalue weighted by atomic mass is 16.2. The zero-order valence-corrected chi connectivity index (χ0v) is 15.2. The van der Waals surface area contributed by atoms with Crippen molar-refractivity contribution in [1.82, 2.24) is 4.90 Å². The molecule has 1 fully saturated rings. The van der Waals surface area contributed by atoms with E-state index in [1.54, 1.807) is 0 Å². The Bertz CT molecular complexity index is 781. The Morgan fingerprint density at radius 2 is 1.54 bits per heavy atom. The third-order valence-electron chi connectivity index (χ3n) is 4.51. The number of hydrogen-bond donors (Lipinski definition) is 2. The average Bonchev–Trinajstić information content (AvgIpc) is 2.64. The fourth-order valence-electron chi connectivity index (χ4n) is 3.03. The maximum Gasteiger partial charge on any atom is 0.321 e. The predicted molar refractivity (Wildman–Crippen MR) is 105 cm³/mol. The lowest BCUT2D eigenvalue weighted by molar-refractivity contribution is -0.114. The maximum atomic E-state index is 12.5. The Balaban J connectivity index is 1.54. The van der Waals surface area contributed by atoms with E-state index >= 15 is 0 Å². The normalized spacial score (nSPS) is 14.1. The largest absolute Gasteiger partial charge is 0.368 e. The number of nitrogens with one attached hydrogen (secondary N) is 2. The van der Waals surface area contributed by atoms with E-state index in [1.807, 2.05) is 60.4 Å². The summed E-state index contributed by atoms with van der Waals surface area (Å²) in [5.41, 5.74) is 3.79. The van der Waals surface area contributed by atoms with Gasteiger partial charge in [-0.15, -0.1) is 0 Å². The number of carbonyl (C=O) groups is 2. The predicted octanol–water partition coefficient (Wildman–Crippen LogP) is 3.31. The van der Waals surface area contributed by atoms with Crippen molar-refractivity contribution >= 4 is 29.0 Å². The number of benzene rings is 2. The van der Waals surface area contributed by atoms with Gasteiger partial charge in [0.2, 0.25) is 5.91 Å². The van der Waals surface area contributed by atoms with Crippen molar-refractivity contribution in [3.63, 3.8) is 0 Å². The van der Waals surface area contributed by atoms with Crippen molar-refractivity contribution in [2.24, 2.45) is 0 Å². The standard InChI is InChI=1S/C20H24N4O2/c1-15-5-3-4-6-19(15)22-20(26)24-13-11-23(12-14-24)18-9-7-17(8-10-18)21-16(2)25/h3-10H,11-14H2,1-2H3,(H,21,25)(H,22,26). The second kappa shape index (κ2) is 7.91. The van der Waals surface area contributed by atoms with Crippen LogP contribution in [0.25, 0.3) is 0 Å². The SMILES string of the molecule is CC(=O)Nc1ccc(N2CCN(C(=O)Nc3ccccc3C)CC2)cc1. The lowest BCUT2D eigenvalue weighted by atomic mass is 10.2. The van der Waals surface area contributed by atoms with Gasteiger partial charge in [-0.25, -0.2) is 4.79 Å². The molecule has 1 aliphatic rings. The molecular weight excluding hydrogens is 328 g/mol. The van der Waals surface area contributed by atoms with Crippen LogP contribution >= 0.6 is 0 Å². The summed E-state index contributed by atoms with van der Waals surface area (Å²) < 4.78 is 0. The summed E-state index contributed by atoms with van der Waals surface area (Å²) >= 11 is 0. The number of amides is 3. The second-order valence-corrected chi connectivity index (χ2v) is 6.45. The molecule has 26 heavy (non-hydrogen) atoms. The summed E-state index contributed by atoms with van der Waals surface area (Å²) in [5.74, 6) is -0.0778. The van der Waals surface area contributed by atoms with E-state index in [4.69, 9.17) is 0 Å². The van der Waals surface area contributed by atoms with E-state index in [9.17, 15) is 9.59 Å². The molecule has 0 radical (unpaired) electrons. The first-order chi connectivity index (χ1) is 12.5. The average molecular weight is 352 g/mol. The van der Waals surface area contributed by atoms with Gasteiger partial charge in [-0.2, -0.15) is 0 Å². The summed E-state index contributed by atoms with van der Waals surface area (Å²) in [5, 5.41) is 5.75. The van der Waals surface area contributed by atoms with Crippen molar-refractivity contribution in [3.05, 3.63) is 54.1 Å². The Kier molecular flexibility index (Phi) is 5.41. The third kappa shape index (κ3) is 4.33. The van der Waals surface area contributed by atoms with E-state index in [-0.39, 0.29) is 11.9 Å². The molecule has 1 saturated heterocycles. The summed E-state index contributed by atoms with van der Waals surface area (Å²) in [4.78, 5) is 27.6. The van der Waals surface area contributed by atoms with Crippen LogP contribution in [0.1, 0.15) is 12.5 Å². The van der Waals surface area contributed by atoms with Gasteiger partial charge in [-0.3, -0.25) is 4.79 Å². The van der Waals surface area contributed by atoms with E-state index in [2.05, 4.69) is 15.5 Å². The van der Waals surface area contributed by atoms with Crippen LogP contribution in [-0.4, -0.2) is 43.0 Å². The number of nitrogens with zero attached hydrogens (tertiary/aromatic N) is 2. The van der Waals surface area contributed by atoms with E-state index in [0.717, 1.165) is 35.7 Å². The molecule has 0 bridgehead atoms. The van der Waals surface area contributed by atoms with Crippen molar-refractivity contribution in [2.75, 3.05) is 41.7 Å². The molecule has 0 spiro atoms. The number of rotatable bonds is 3. The molecule has 3 rings (SSSR count). The lowest BCUT2D eigenvalue weighted by Crippen LogP contribution is -2.50. The van der Waals surface area contributed by atoms with Crippen molar-refractivity contribution in [1.29, 1.82) is 0 Å². The molecule has 1 heterocycles. The highest BCUT2D eigenvalue weighted by molar-refractivity contribution is 5.90. The van der Waals surface area contributed by atoms with Crippen LogP contribution in [0.3, 0.4) is 0 Å². The highest BCUT2D eigenvalue weighted by Crippen LogP contribution is 2.20. The van der Waals surface area contributed by atoms with Crippen LogP contribution in [0.5, 0.6) is 0 Å². The van der Waals surface area contributed by atoms with Crippen molar-refractivity contribution in [2.45, 2.75) is 13.8 Å². The molecule has 0 atom stereocenters. The van der Waals surface area contributed by atoms with Crippen molar-refractivity contribution in [3.8, 4) is 0 Å². The van der Waals surface area contributed by atoms with Gasteiger partial charge in [0.25, 0.3) is 0 Å². The second-order valence-electron chi connectivity index (χ2n) is 6.45. The van der Waals surface area contributed by atoms with Crippen molar-refractivity contribution < 1.29 is 9.59 Å². The minimum atomic E-state index is -0.0778. The van der Waals surface area contributed by atoms with Crippen LogP contribution in [-0.2, 0) is 4.79 Å². The molecule has 0 aliphatic carbocycles. The quantitative estimate of drug-likeness (QED) is 0.891. The van der Waals surface area contributed by atoms with Crippen LogP contribution in [0.2, 0.25) is 0 Å². The Hall–Kier alpha value is -3.02. The van der Waals surface area contributed by atoms with Gasteiger partial charge in [0.15, 0.2) is 0 Å². The summed E-state index contributed by atoms with van der Waals surface area (Å²) in [6, 6.07) is 15.5. The summed E-state index contributed by atoms with van der Waals surface area (Å²) in [6.45, 7) is 6.38. The van der Waals surface area contributed by atoms with Crippen LogP contribution in [0.4, 0.5) is 21.9 Å². The molecule has 2 aromatic rings. The Morgan fingerprint density at radius 3 is 2.15 bits per heavy atom. The lowest BCUT2D eigenvalue weighted by Gasteiger charge is -2.36. The smallest absolute Gasteiger partial charge is 0.321 e. The molecule has 6 nitrogen and oxygen atoms in total. The Morgan fingerprint density at radius 1 is 0.885 bits per heavy atom. The fraction of sp³-hybridized carbons (Fsp3) is 0.300. The number of piperazine rings is 1. The molecule has 6 heteroatoms. The molecule has 0 aromatic heterocycles. The molecule has 136 valence electrons. The Labute approximate surface area is 153 Å². The first kappa shape index (κ1) is 17.8. The van der Waals surface area contributed by atoms with E-state index in [1.165, 1.54) is 6.92 Å². The van der Waals surface area contributed by atoms with E-state index < -0.39 is 0 Å². The maximum absolute atomic E-state index is 12.5. The van der Waals surface area contributed by atoms with Gasteiger partial charge >= 0.3 is 6.03 Å². The van der Waals surface area contributed by atoms with Gasteiger partial charge in [0.05, 0.1) is 0 Å². The number of hydrogen-bond acceptors (Lipinski definition) is 3. The summed E-state index contributed by atoms with van der Waals surface area (Å²) in [7, 11) is 0. The van der Waals surface area contributed by atoms with Gasteiger partial charge in [-0.05, 0) is 42.8 Å². The zero-order chi connectivity index (χ0) is 18.5. The molecule has 2 N–H and O–H groups in total. The molecule has 0 saturated carbocycles. The molecule has 0 unspecified atom stereocenters. The van der Waals surface area contributed by atoms with Gasteiger partial charge in [0.1, 0.15) is 0 Å². The first-order valence-electron chi connectivity index (χ1n) is 8.77. The van der Waals surface area contributed by atoms with Gasteiger partial charge in [-0.1, -0.05) is 18.2 Å². The molecular formula is C20H24N4O2. The number of urea groups is 1. The van der Waals surface area contributed by atoms with Gasteiger partial charge < -0.3 is 20.4 Å². The fourth-order valence-corrected chi connectivity index (χ4v) is 3.03. The minimum Gasteiger partial charge on any atom is -0.368 e. The monoisotopic (exact) mass is 352 g/mol. The molecule has 1 aliphatic heterocycles. The van der Waals surface area contributed by atoms with E-state index in [0.29, 0.717) is 13.1 Å². The number of carbonyl (C=O) groups excluding carboxylic acids is 2. The zero-order valence-electron chi connectivity index (χ0n) is 15.2. The summed E-state index contributed by atoms with van der Waals surface area (Å²) in [6.07, 6.45) is 0. The highest BCUT2D eigenvalue weighted by Gasteiger charge is 2.21. The number of anilines is 3. The third-order valence-corrected chi connectivity index (χ3v) is 4.51. The minimum absolute atomic E-state index is 0.0556. The number of aryl methyl sites for hydroxylation is 1.